The molecule has 0 bridgehead atoms. The van der Waals surface area contributed by atoms with E-state index in [1.54, 1.807) is 24.3 Å². The molecule has 0 atom stereocenters. The predicted octanol–water partition coefficient (Wildman–Crippen LogP) is 3.49. The number of anilines is 1. The Hall–Kier alpha value is -1.69. The highest BCUT2D eigenvalue weighted by Crippen LogP contribution is 2.37. The van der Waals surface area contributed by atoms with Crippen molar-refractivity contribution in [3.8, 4) is 5.75 Å². The van der Waals surface area contributed by atoms with Crippen molar-refractivity contribution in [2.45, 2.75) is 12.6 Å². The molecule has 1 aromatic rings. The third-order valence-electron chi connectivity index (χ3n) is 2.97. The Kier molecular flexibility index (Phi) is 3.94. The van der Waals surface area contributed by atoms with E-state index in [9.17, 15) is 18.0 Å². The van der Waals surface area contributed by atoms with Gasteiger partial charge in [-0.3, -0.25) is 4.79 Å². The van der Waals surface area contributed by atoms with Crippen molar-refractivity contribution >= 4 is 23.2 Å². The molecule has 1 fully saturated rings. The Morgan fingerprint density at radius 3 is 2.70 bits per heavy atom. The van der Waals surface area contributed by atoms with Gasteiger partial charge in [0.25, 0.3) is 5.91 Å². The van der Waals surface area contributed by atoms with E-state index in [0.29, 0.717) is 11.4 Å². The first-order valence-electron chi connectivity index (χ1n) is 5.76. The topological polar surface area (TPSA) is 29.5 Å². The molecule has 0 radical (unpaired) electrons. The average Bonchev–Trinajstić information content (AvgIpc) is 2.78. The summed E-state index contributed by atoms with van der Waals surface area (Å²) in [5, 5.41) is -1.34. The third kappa shape index (κ3) is 2.75. The van der Waals surface area contributed by atoms with E-state index in [4.69, 9.17) is 16.3 Å². The van der Waals surface area contributed by atoms with Gasteiger partial charge in [0, 0.05) is 23.9 Å². The molecule has 0 N–H and O–H groups in total. The lowest BCUT2D eigenvalue weighted by Crippen LogP contribution is -2.25. The van der Waals surface area contributed by atoms with Gasteiger partial charge in [-0.2, -0.15) is 13.2 Å². The third-order valence-corrected chi connectivity index (χ3v) is 3.41. The molecule has 0 aliphatic carbocycles. The van der Waals surface area contributed by atoms with Crippen LogP contribution in [-0.4, -0.2) is 25.7 Å². The molecule has 0 unspecified atom stereocenters. The van der Waals surface area contributed by atoms with Crippen molar-refractivity contribution in [2.75, 3.05) is 18.6 Å². The molecule has 0 spiro atoms. The molecular weight excluding hydrogens is 295 g/mol. The first-order valence-corrected chi connectivity index (χ1v) is 6.14. The number of ether oxygens (including phenoxy) is 1. The number of nitrogens with zero attached hydrogens (tertiary/aromatic N) is 1. The van der Waals surface area contributed by atoms with E-state index in [-0.39, 0.29) is 13.0 Å². The summed E-state index contributed by atoms with van der Waals surface area (Å²) in [5.41, 5.74) is 0.0815. The fourth-order valence-electron chi connectivity index (χ4n) is 1.99. The molecule has 3 nitrogen and oxygen atoms in total. The first kappa shape index (κ1) is 14.7. The highest BCUT2D eigenvalue weighted by molar-refractivity contribution is 6.33. The maximum Gasteiger partial charge on any atom is 0.427 e. The molecular formula is C13H11ClF3NO2. The summed E-state index contributed by atoms with van der Waals surface area (Å²) in [6.07, 6.45) is -4.73. The molecule has 1 aromatic carbocycles. The zero-order valence-electron chi connectivity index (χ0n) is 10.5. The SMILES string of the molecule is COc1cccc(N2CC/C(=C(/Cl)C(F)(F)F)C2=O)c1. The van der Waals surface area contributed by atoms with Gasteiger partial charge in [-0.15, -0.1) is 0 Å². The van der Waals surface area contributed by atoms with E-state index >= 15 is 0 Å². The van der Waals surface area contributed by atoms with Gasteiger partial charge in [0.2, 0.25) is 0 Å². The van der Waals surface area contributed by atoms with Crippen LogP contribution < -0.4 is 9.64 Å². The van der Waals surface area contributed by atoms with Gasteiger partial charge in [-0.1, -0.05) is 17.7 Å². The minimum absolute atomic E-state index is 0.0333. The number of benzene rings is 1. The number of methoxy groups -OCH3 is 1. The predicted molar refractivity (Wildman–Crippen MR) is 68.9 cm³/mol. The summed E-state index contributed by atoms with van der Waals surface area (Å²) < 4.78 is 42.6. The van der Waals surface area contributed by atoms with Crippen molar-refractivity contribution in [3.05, 3.63) is 34.9 Å². The summed E-state index contributed by atoms with van der Waals surface area (Å²) in [5.74, 6) is -0.199. The smallest absolute Gasteiger partial charge is 0.427 e. The Morgan fingerprint density at radius 2 is 2.10 bits per heavy atom. The second kappa shape index (κ2) is 5.36. The van der Waals surface area contributed by atoms with Crippen LogP contribution in [0.2, 0.25) is 0 Å². The summed E-state index contributed by atoms with van der Waals surface area (Å²) in [6, 6.07) is 6.56. The maximum absolute atomic E-state index is 12.5. The Labute approximate surface area is 118 Å². The zero-order chi connectivity index (χ0) is 14.9. The van der Waals surface area contributed by atoms with Gasteiger partial charge in [0.05, 0.1) is 7.11 Å². The first-order chi connectivity index (χ1) is 9.34. The molecule has 2 rings (SSSR count). The summed E-state index contributed by atoms with van der Waals surface area (Å²) in [7, 11) is 1.47. The number of hydrogen-bond acceptors (Lipinski definition) is 2. The number of rotatable bonds is 2. The van der Waals surface area contributed by atoms with Crippen molar-refractivity contribution in [1.29, 1.82) is 0 Å². The molecule has 0 aromatic heterocycles. The minimum Gasteiger partial charge on any atom is -0.497 e. The average molecular weight is 306 g/mol. The molecule has 1 saturated heterocycles. The van der Waals surface area contributed by atoms with Crippen LogP contribution in [0.1, 0.15) is 6.42 Å². The van der Waals surface area contributed by atoms with Crippen molar-refractivity contribution < 1.29 is 22.7 Å². The van der Waals surface area contributed by atoms with Crippen LogP contribution in [0, 0.1) is 0 Å². The van der Waals surface area contributed by atoms with Gasteiger partial charge in [-0.25, -0.2) is 0 Å². The Balaban J connectivity index is 2.32. The minimum atomic E-state index is -4.70. The fraction of sp³-hybridized carbons (Fsp3) is 0.308. The second-order valence-electron chi connectivity index (χ2n) is 4.20. The monoisotopic (exact) mass is 305 g/mol. The number of amides is 1. The summed E-state index contributed by atoms with van der Waals surface area (Å²) >= 11 is 5.25. The largest absolute Gasteiger partial charge is 0.497 e. The standard InChI is InChI=1S/C13H11ClF3NO2/c1-20-9-4-2-3-8(7-9)18-6-5-10(12(18)19)11(14)13(15,16)17/h2-4,7H,5-6H2,1H3/b11-10-. The Morgan fingerprint density at radius 1 is 1.40 bits per heavy atom. The van der Waals surface area contributed by atoms with Crippen LogP contribution in [0.4, 0.5) is 18.9 Å². The van der Waals surface area contributed by atoms with Crippen LogP contribution in [-0.2, 0) is 4.79 Å². The van der Waals surface area contributed by atoms with Crippen molar-refractivity contribution in [3.63, 3.8) is 0 Å². The van der Waals surface area contributed by atoms with Crippen molar-refractivity contribution in [1.82, 2.24) is 0 Å². The van der Waals surface area contributed by atoms with E-state index < -0.39 is 22.7 Å². The summed E-state index contributed by atoms with van der Waals surface area (Å²) in [4.78, 5) is 13.3. The van der Waals surface area contributed by atoms with Gasteiger partial charge in [-0.05, 0) is 18.6 Å². The van der Waals surface area contributed by atoms with Crippen LogP contribution in [0.15, 0.2) is 34.9 Å². The van der Waals surface area contributed by atoms with E-state index in [1.807, 2.05) is 0 Å². The van der Waals surface area contributed by atoms with Crippen molar-refractivity contribution in [2.24, 2.45) is 0 Å². The maximum atomic E-state index is 12.5. The lowest BCUT2D eigenvalue weighted by atomic mass is 10.2. The normalized spacial score (nSPS) is 18.4. The fourth-order valence-corrected chi connectivity index (χ4v) is 2.17. The van der Waals surface area contributed by atoms with Gasteiger partial charge in [0.1, 0.15) is 10.8 Å². The highest BCUT2D eigenvalue weighted by Gasteiger charge is 2.40. The zero-order valence-corrected chi connectivity index (χ0v) is 11.3. The van der Waals surface area contributed by atoms with E-state index in [0.717, 1.165) is 0 Å². The summed E-state index contributed by atoms with van der Waals surface area (Å²) in [6.45, 7) is 0.160. The molecule has 1 aliphatic heterocycles. The molecule has 7 heteroatoms. The number of alkyl halides is 3. The highest BCUT2D eigenvalue weighted by atomic mass is 35.5. The lowest BCUT2D eigenvalue weighted by molar-refractivity contribution is -0.115. The van der Waals surface area contributed by atoms with Crippen LogP contribution in [0.5, 0.6) is 5.75 Å². The van der Waals surface area contributed by atoms with Gasteiger partial charge < -0.3 is 9.64 Å². The van der Waals surface area contributed by atoms with Crippen LogP contribution >= 0.6 is 11.6 Å². The van der Waals surface area contributed by atoms with E-state index in [1.165, 1.54) is 12.0 Å². The molecule has 20 heavy (non-hydrogen) atoms. The molecule has 108 valence electrons. The molecule has 1 aliphatic rings. The molecule has 1 amide bonds. The van der Waals surface area contributed by atoms with Gasteiger partial charge >= 0.3 is 6.18 Å². The number of allylic oxidation sites excluding steroid dienone is 1. The molecule has 1 heterocycles. The van der Waals surface area contributed by atoms with Crippen LogP contribution in [0.25, 0.3) is 0 Å². The quantitative estimate of drug-likeness (QED) is 0.783. The van der Waals surface area contributed by atoms with Crippen LogP contribution in [0.3, 0.4) is 0 Å². The number of carbonyl (C=O) groups is 1. The number of hydrogen-bond donors (Lipinski definition) is 0. The number of carbonyl (C=O) groups excluding carboxylic acids is 1. The molecule has 0 saturated carbocycles. The second-order valence-corrected chi connectivity index (χ2v) is 4.58. The lowest BCUT2D eigenvalue weighted by Gasteiger charge is -2.16. The Bertz CT molecular complexity index is 569. The number of halogens is 4. The van der Waals surface area contributed by atoms with Gasteiger partial charge in [0.15, 0.2) is 0 Å². The van der Waals surface area contributed by atoms with E-state index in [2.05, 4.69) is 0 Å².